The minimum Gasteiger partial charge on any atom is -0.342 e. The van der Waals surface area contributed by atoms with Crippen LogP contribution in [-0.2, 0) is 24.9 Å². The molecule has 3 aromatic heterocycles. The zero-order valence-electron chi connectivity index (χ0n) is 15.5. The Bertz CT molecular complexity index is 867. The molecule has 1 atom stereocenters. The first-order valence-corrected chi connectivity index (χ1v) is 9.31. The summed E-state index contributed by atoms with van der Waals surface area (Å²) in [6.07, 6.45) is 9.76. The summed E-state index contributed by atoms with van der Waals surface area (Å²) in [7, 11) is 1.99. The molecule has 0 saturated carbocycles. The molecule has 9 heteroatoms. The van der Waals surface area contributed by atoms with Crippen molar-refractivity contribution < 1.29 is 4.79 Å². The highest BCUT2D eigenvalue weighted by Crippen LogP contribution is 2.26. The molecule has 3 aromatic rings. The summed E-state index contributed by atoms with van der Waals surface area (Å²) in [5.41, 5.74) is 0. The fraction of sp³-hybridized carbons (Fsp3) is 0.500. The fourth-order valence-corrected chi connectivity index (χ4v) is 3.62. The van der Waals surface area contributed by atoms with E-state index in [0.717, 1.165) is 31.0 Å². The number of likely N-dealkylation sites (tertiary alicyclic amines) is 1. The van der Waals surface area contributed by atoms with Crippen LogP contribution in [-0.4, -0.2) is 58.2 Å². The van der Waals surface area contributed by atoms with Crippen molar-refractivity contribution in [3.05, 3.63) is 48.6 Å². The maximum absolute atomic E-state index is 12.6. The van der Waals surface area contributed by atoms with E-state index in [4.69, 9.17) is 0 Å². The van der Waals surface area contributed by atoms with Gasteiger partial charge in [0.15, 0.2) is 5.82 Å². The molecule has 0 unspecified atom stereocenters. The zero-order valence-corrected chi connectivity index (χ0v) is 15.5. The van der Waals surface area contributed by atoms with E-state index in [2.05, 4.69) is 20.4 Å². The van der Waals surface area contributed by atoms with E-state index in [-0.39, 0.29) is 11.8 Å². The second-order valence-electron chi connectivity index (χ2n) is 6.94. The molecule has 0 aromatic carbocycles. The lowest BCUT2D eigenvalue weighted by Crippen LogP contribution is -2.40. The average Bonchev–Trinajstić information content (AvgIpc) is 3.44. The molecule has 0 spiro atoms. The Labute approximate surface area is 157 Å². The number of aromatic nitrogens is 7. The lowest BCUT2D eigenvalue weighted by atomic mass is 9.97. The number of carbonyl (C=O) groups is 1. The first kappa shape index (κ1) is 17.4. The summed E-state index contributed by atoms with van der Waals surface area (Å²) >= 11 is 0. The SMILES string of the molecule is Cn1c(Cn2cccn2)nnc1[C@H]1CCCN(C(=O)CCn2cccn2)C1. The summed E-state index contributed by atoms with van der Waals surface area (Å²) in [6.45, 7) is 2.72. The topological polar surface area (TPSA) is 86.7 Å². The van der Waals surface area contributed by atoms with Gasteiger partial charge >= 0.3 is 0 Å². The average molecular weight is 368 g/mol. The third-order valence-electron chi connectivity index (χ3n) is 5.11. The van der Waals surface area contributed by atoms with Gasteiger partial charge in [0.25, 0.3) is 0 Å². The van der Waals surface area contributed by atoms with Crippen LogP contribution in [0.4, 0.5) is 0 Å². The third-order valence-corrected chi connectivity index (χ3v) is 5.11. The fourth-order valence-electron chi connectivity index (χ4n) is 3.62. The molecule has 9 nitrogen and oxygen atoms in total. The van der Waals surface area contributed by atoms with Gasteiger partial charge in [0.1, 0.15) is 12.4 Å². The minimum atomic E-state index is 0.175. The highest BCUT2D eigenvalue weighted by atomic mass is 16.2. The number of carbonyl (C=O) groups excluding carboxylic acids is 1. The van der Waals surface area contributed by atoms with Crippen LogP contribution in [0.15, 0.2) is 36.9 Å². The van der Waals surface area contributed by atoms with Crippen LogP contribution in [0, 0.1) is 0 Å². The van der Waals surface area contributed by atoms with E-state index in [9.17, 15) is 4.79 Å². The largest absolute Gasteiger partial charge is 0.342 e. The molecular formula is C18H24N8O. The molecule has 1 fully saturated rings. The summed E-state index contributed by atoms with van der Waals surface area (Å²) in [5.74, 6) is 2.21. The number of amides is 1. The Balaban J connectivity index is 1.39. The molecule has 0 N–H and O–H groups in total. The normalized spacial score (nSPS) is 17.4. The molecule has 1 saturated heterocycles. The van der Waals surface area contributed by atoms with Gasteiger partial charge in [0, 0.05) is 63.8 Å². The van der Waals surface area contributed by atoms with Crippen LogP contribution in [0.25, 0.3) is 0 Å². The molecule has 0 aliphatic carbocycles. The molecule has 1 amide bonds. The molecule has 4 heterocycles. The number of rotatable bonds is 6. The zero-order chi connectivity index (χ0) is 18.6. The van der Waals surface area contributed by atoms with E-state index in [1.54, 1.807) is 17.1 Å². The van der Waals surface area contributed by atoms with Gasteiger partial charge in [-0.15, -0.1) is 10.2 Å². The quantitative estimate of drug-likeness (QED) is 0.649. The Morgan fingerprint density at radius 2 is 1.93 bits per heavy atom. The van der Waals surface area contributed by atoms with Crippen LogP contribution in [0.3, 0.4) is 0 Å². The van der Waals surface area contributed by atoms with E-state index in [1.807, 2.05) is 45.7 Å². The molecule has 27 heavy (non-hydrogen) atoms. The summed E-state index contributed by atoms with van der Waals surface area (Å²) in [4.78, 5) is 14.6. The summed E-state index contributed by atoms with van der Waals surface area (Å²) < 4.78 is 5.67. The van der Waals surface area contributed by atoms with Crippen LogP contribution in [0.1, 0.15) is 36.8 Å². The number of piperidine rings is 1. The van der Waals surface area contributed by atoms with Crippen molar-refractivity contribution in [2.45, 2.75) is 38.3 Å². The number of nitrogens with zero attached hydrogens (tertiary/aromatic N) is 8. The second kappa shape index (κ2) is 7.73. The molecule has 1 aliphatic heterocycles. The van der Waals surface area contributed by atoms with Crippen molar-refractivity contribution in [2.75, 3.05) is 13.1 Å². The van der Waals surface area contributed by atoms with Gasteiger partial charge in [0.05, 0.1) is 0 Å². The van der Waals surface area contributed by atoms with Crippen LogP contribution in [0.2, 0.25) is 0 Å². The molecule has 0 radical (unpaired) electrons. The molecule has 142 valence electrons. The van der Waals surface area contributed by atoms with Crippen molar-refractivity contribution in [1.29, 1.82) is 0 Å². The van der Waals surface area contributed by atoms with E-state index in [0.29, 0.717) is 26.1 Å². The Morgan fingerprint density at radius 1 is 1.15 bits per heavy atom. The Kier molecular flexibility index (Phi) is 4.99. The van der Waals surface area contributed by atoms with Crippen molar-refractivity contribution in [3.63, 3.8) is 0 Å². The van der Waals surface area contributed by atoms with Crippen LogP contribution in [0.5, 0.6) is 0 Å². The van der Waals surface area contributed by atoms with Crippen molar-refractivity contribution in [2.24, 2.45) is 7.05 Å². The number of aryl methyl sites for hydroxylation is 1. The molecule has 1 aliphatic rings. The number of hydrogen-bond donors (Lipinski definition) is 0. The standard InChI is InChI=1S/C18H24N8O/c1-23-16(14-26-11-4-8-20-26)21-22-18(23)15-5-2-9-24(13-15)17(27)6-12-25-10-3-7-19-25/h3-4,7-8,10-11,15H,2,5-6,9,12-14H2,1H3/t15-/m0/s1. The van der Waals surface area contributed by atoms with Crippen LogP contribution >= 0.6 is 0 Å². The lowest BCUT2D eigenvalue weighted by molar-refractivity contribution is -0.132. The Hall–Kier alpha value is -2.97. The van der Waals surface area contributed by atoms with Crippen molar-refractivity contribution in [3.8, 4) is 0 Å². The minimum absolute atomic E-state index is 0.175. The third kappa shape index (κ3) is 3.91. The highest BCUT2D eigenvalue weighted by molar-refractivity contribution is 5.76. The van der Waals surface area contributed by atoms with Crippen molar-refractivity contribution in [1.82, 2.24) is 39.2 Å². The lowest BCUT2D eigenvalue weighted by Gasteiger charge is -2.32. The predicted octanol–water partition coefficient (Wildman–Crippen LogP) is 1.05. The van der Waals surface area contributed by atoms with Gasteiger partial charge in [-0.05, 0) is 25.0 Å². The van der Waals surface area contributed by atoms with Gasteiger partial charge in [-0.25, -0.2) is 0 Å². The predicted molar refractivity (Wildman–Crippen MR) is 97.7 cm³/mol. The first-order chi connectivity index (χ1) is 13.2. The smallest absolute Gasteiger partial charge is 0.224 e. The van der Waals surface area contributed by atoms with E-state index in [1.165, 1.54) is 0 Å². The van der Waals surface area contributed by atoms with Gasteiger partial charge in [-0.3, -0.25) is 14.2 Å². The van der Waals surface area contributed by atoms with Crippen LogP contribution < -0.4 is 0 Å². The van der Waals surface area contributed by atoms with Gasteiger partial charge in [-0.2, -0.15) is 10.2 Å². The molecule has 0 bridgehead atoms. The summed E-state index contributed by atoms with van der Waals surface area (Å²) in [6, 6.07) is 3.77. The van der Waals surface area contributed by atoms with Gasteiger partial charge < -0.3 is 9.47 Å². The Morgan fingerprint density at radius 3 is 2.67 bits per heavy atom. The van der Waals surface area contributed by atoms with Crippen molar-refractivity contribution >= 4 is 5.91 Å². The first-order valence-electron chi connectivity index (χ1n) is 9.31. The second-order valence-corrected chi connectivity index (χ2v) is 6.94. The molecule has 4 rings (SSSR count). The monoisotopic (exact) mass is 368 g/mol. The summed E-state index contributed by atoms with van der Waals surface area (Å²) in [5, 5.41) is 17.1. The van der Waals surface area contributed by atoms with Gasteiger partial charge in [0.2, 0.25) is 5.91 Å². The maximum Gasteiger partial charge on any atom is 0.224 e. The van der Waals surface area contributed by atoms with Gasteiger partial charge in [-0.1, -0.05) is 0 Å². The molecular weight excluding hydrogens is 344 g/mol. The van der Waals surface area contributed by atoms with E-state index < -0.39 is 0 Å². The highest BCUT2D eigenvalue weighted by Gasteiger charge is 2.28. The maximum atomic E-state index is 12.6. The number of hydrogen-bond acceptors (Lipinski definition) is 5. The van der Waals surface area contributed by atoms with E-state index >= 15 is 0 Å².